The summed E-state index contributed by atoms with van der Waals surface area (Å²) in [6.45, 7) is 8.16. The third-order valence-corrected chi connectivity index (χ3v) is 5.19. The Hall–Kier alpha value is -1.86. The maximum Gasteiger partial charge on any atom is 0.498 e. The number of hydrogen-bond acceptors (Lipinski definition) is 5. The van der Waals surface area contributed by atoms with Gasteiger partial charge in [-0.15, -0.1) is 0 Å². The molecule has 5 nitrogen and oxygen atoms in total. The van der Waals surface area contributed by atoms with Crippen molar-refractivity contribution in [1.29, 1.82) is 0 Å². The second-order valence-electron chi connectivity index (χ2n) is 8.36. The van der Waals surface area contributed by atoms with Crippen LogP contribution in [0.1, 0.15) is 51.0 Å². The maximum atomic E-state index is 6.28. The molecule has 154 valence electrons. The Kier molecular flexibility index (Phi) is 6.25. The molecule has 2 saturated heterocycles. The van der Waals surface area contributed by atoms with Crippen molar-refractivity contribution in [3.05, 3.63) is 59.7 Å². The summed E-state index contributed by atoms with van der Waals surface area (Å²) in [4.78, 5) is 0. The fraction of sp³-hybridized carbons (Fsp3) is 0.478. The molecule has 29 heavy (non-hydrogen) atoms. The summed E-state index contributed by atoms with van der Waals surface area (Å²) in [6.07, 6.45) is 1.50. The van der Waals surface area contributed by atoms with Gasteiger partial charge >= 0.3 is 7.12 Å². The smallest absolute Gasteiger partial charge is 0.489 e. The molecule has 0 spiro atoms. The summed E-state index contributed by atoms with van der Waals surface area (Å²) < 4.78 is 30.2. The molecule has 2 heterocycles. The van der Waals surface area contributed by atoms with Crippen LogP contribution in [0.25, 0.3) is 0 Å². The highest BCUT2D eigenvalue weighted by Crippen LogP contribution is 2.29. The number of rotatable bonds is 5. The van der Waals surface area contributed by atoms with Crippen molar-refractivity contribution < 1.29 is 23.5 Å². The lowest BCUT2D eigenvalue weighted by Gasteiger charge is -2.38. The average Bonchev–Trinajstić information content (AvgIpc) is 2.72. The molecule has 0 amide bonds. The Morgan fingerprint density at radius 3 is 2.55 bits per heavy atom. The summed E-state index contributed by atoms with van der Waals surface area (Å²) in [5.74, 6) is 0.753. The topological polar surface area (TPSA) is 46.2 Å². The molecule has 2 fully saturated rings. The molecule has 2 aliphatic heterocycles. The van der Waals surface area contributed by atoms with E-state index in [1.165, 1.54) is 0 Å². The van der Waals surface area contributed by atoms with Crippen LogP contribution in [0.4, 0.5) is 0 Å². The van der Waals surface area contributed by atoms with Gasteiger partial charge in [0.05, 0.1) is 18.8 Å². The van der Waals surface area contributed by atoms with Crippen molar-refractivity contribution in [3.8, 4) is 5.75 Å². The van der Waals surface area contributed by atoms with Crippen molar-refractivity contribution >= 4 is 12.6 Å². The van der Waals surface area contributed by atoms with Gasteiger partial charge < -0.3 is 23.5 Å². The fourth-order valence-corrected chi connectivity index (χ4v) is 3.90. The van der Waals surface area contributed by atoms with Crippen LogP contribution in [0, 0.1) is 0 Å². The minimum absolute atomic E-state index is 0.0940. The molecule has 2 aliphatic rings. The summed E-state index contributed by atoms with van der Waals surface area (Å²) in [6, 6.07) is 16.1. The standard InChI is InChI=1S/C23H29BO5/c1-17-15-23(2,3)29-24(28-17)20-14-19(22-25-12-7-13-26-22)10-11-21(20)27-16-18-8-5-4-6-9-18/h4-6,8-11,14,17,22H,7,12-13,15-16H2,1-3H3. The van der Waals surface area contributed by atoms with Crippen molar-refractivity contribution in [1.82, 2.24) is 0 Å². The Morgan fingerprint density at radius 1 is 1.07 bits per heavy atom. The highest BCUT2D eigenvalue weighted by atomic mass is 16.7. The van der Waals surface area contributed by atoms with Gasteiger partial charge in [-0.25, -0.2) is 0 Å². The molecule has 0 radical (unpaired) electrons. The van der Waals surface area contributed by atoms with Crippen molar-refractivity contribution in [2.75, 3.05) is 13.2 Å². The van der Waals surface area contributed by atoms with Crippen LogP contribution < -0.4 is 10.2 Å². The first-order chi connectivity index (χ1) is 14.0. The Labute approximate surface area is 173 Å². The van der Waals surface area contributed by atoms with Crippen LogP contribution in [0.15, 0.2) is 48.5 Å². The van der Waals surface area contributed by atoms with E-state index in [1.54, 1.807) is 0 Å². The fourth-order valence-electron chi connectivity index (χ4n) is 3.90. The number of ether oxygens (including phenoxy) is 3. The van der Waals surface area contributed by atoms with Gasteiger partial charge in [0, 0.05) is 17.1 Å². The van der Waals surface area contributed by atoms with Gasteiger partial charge in [0.15, 0.2) is 6.29 Å². The van der Waals surface area contributed by atoms with E-state index >= 15 is 0 Å². The zero-order chi connectivity index (χ0) is 20.3. The third-order valence-electron chi connectivity index (χ3n) is 5.19. The van der Waals surface area contributed by atoms with Gasteiger partial charge in [0.25, 0.3) is 0 Å². The minimum atomic E-state index is -0.497. The Balaban J connectivity index is 1.62. The Morgan fingerprint density at radius 2 is 1.83 bits per heavy atom. The van der Waals surface area contributed by atoms with E-state index in [1.807, 2.05) is 36.4 Å². The second-order valence-corrected chi connectivity index (χ2v) is 8.36. The molecule has 2 aromatic carbocycles. The summed E-state index contributed by atoms with van der Waals surface area (Å²) >= 11 is 0. The van der Waals surface area contributed by atoms with E-state index in [2.05, 4.69) is 32.9 Å². The molecule has 4 rings (SSSR count). The lowest BCUT2D eigenvalue weighted by Crippen LogP contribution is -2.52. The quantitative estimate of drug-likeness (QED) is 0.715. The molecule has 0 N–H and O–H groups in total. The van der Waals surface area contributed by atoms with Crippen molar-refractivity contribution in [3.63, 3.8) is 0 Å². The molecular formula is C23H29BO5. The van der Waals surface area contributed by atoms with Gasteiger partial charge in [0.2, 0.25) is 0 Å². The largest absolute Gasteiger partial charge is 0.498 e. The molecule has 0 aliphatic carbocycles. The first-order valence-corrected chi connectivity index (χ1v) is 10.4. The van der Waals surface area contributed by atoms with Gasteiger partial charge in [-0.3, -0.25) is 0 Å². The number of benzene rings is 2. The molecule has 1 unspecified atom stereocenters. The zero-order valence-corrected chi connectivity index (χ0v) is 17.4. The van der Waals surface area contributed by atoms with Crippen LogP contribution in [0.3, 0.4) is 0 Å². The van der Waals surface area contributed by atoms with E-state index in [0.29, 0.717) is 19.8 Å². The predicted molar refractivity (Wildman–Crippen MR) is 112 cm³/mol. The third kappa shape index (κ3) is 5.20. The predicted octanol–water partition coefficient (Wildman–Crippen LogP) is 4.00. The monoisotopic (exact) mass is 396 g/mol. The molecule has 0 aromatic heterocycles. The first-order valence-electron chi connectivity index (χ1n) is 10.4. The molecule has 2 aromatic rings. The van der Waals surface area contributed by atoms with E-state index < -0.39 is 7.12 Å². The number of hydrogen-bond donors (Lipinski definition) is 0. The highest BCUT2D eigenvalue weighted by molar-refractivity contribution is 6.62. The van der Waals surface area contributed by atoms with Crippen LogP contribution in [0.5, 0.6) is 5.75 Å². The average molecular weight is 396 g/mol. The zero-order valence-electron chi connectivity index (χ0n) is 17.4. The van der Waals surface area contributed by atoms with E-state index in [-0.39, 0.29) is 18.0 Å². The van der Waals surface area contributed by atoms with E-state index in [9.17, 15) is 0 Å². The van der Waals surface area contributed by atoms with E-state index in [4.69, 9.17) is 23.5 Å². The lowest BCUT2D eigenvalue weighted by molar-refractivity contribution is -0.183. The van der Waals surface area contributed by atoms with Crippen LogP contribution in [0.2, 0.25) is 0 Å². The molecule has 6 heteroatoms. The van der Waals surface area contributed by atoms with Crippen molar-refractivity contribution in [2.45, 2.75) is 58.2 Å². The van der Waals surface area contributed by atoms with Gasteiger partial charge in [-0.2, -0.15) is 0 Å². The van der Waals surface area contributed by atoms with Crippen LogP contribution in [-0.4, -0.2) is 32.0 Å². The molecule has 0 bridgehead atoms. The SMILES string of the molecule is CC1CC(C)(C)OB(c2cc(C3OCCCO3)ccc2OCc2ccccc2)O1. The van der Waals surface area contributed by atoms with Gasteiger partial charge in [-0.1, -0.05) is 42.5 Å². The van der Waals surface area contributed by atoms with Gasteiger partial charge in [-0.05, 0) is 45.2 Å². The van der Waals surface area contributed by atoms with Crippen molar-refractivity contribution in [2.24, 2.45) is 0 Å². The highest BCUT2D eigenvalue weighted by Gasteiger charge is 2.40. The van der Waals surface area contributed by atoms with E-state index in [0.717, 1.165) is 35.2 Å². The molecule has 1 atom stereocenters. The van der Waals surface area contributed by atoms with Crippen LogP contribution in [-0.2, 0) is 25.4 Å². The second kappa shape index (κ2) is 8.88. The Bertz CT molecular complexity index is 804. The summed E-state index contributed by atoms with van der Waals surface area (Å²) in [5.41, 5.74) is 2.67. The normalized spacial score (nSPS) is 22.4. The maximum absolute atomic E-state index is 6.28. The lowest BCUT2D eigenvalue weighted by atomic mass is 9.73. The minimum Gasteiger partial charge on any atom is -0.489 e. The van der Waals surface area contributed by atoms with Gasteiger partial charge in [0.1, 0.15) is 12.4 Å². The summed E-state index contributed by atoms with van der Waals surface area (Å²) in [7, 11) is -0.497. The van der Waals surface area contributed by atoms with Crippen LogP contribution >= 0.6 is 0 Å². The molecule has 0 saturated carbocycles. The summed E-state index contributed by atoms with van der Waals surface area (Å²) in [5, 5.41) is 0. The molecular weight excluding hydrogens is 367 g/mol. The first kappa shape index (κ1) is 20.4.